The lowest BCUT2D eigenvalue weighted by Crippen LogP contribution is -2.11. The predicted molar refractivity (Wildman–Crippen MR) is 111 cm³/mol. The zero-order chi connectivity index (χ0) is 19.7. The van der Waals surface area contributed by atoms with Crippen LogP contribution in [0.2, 0.25) is 0 Å². The molecule has 0 aliphatic rings. The summed E-state index contributed by atoms with van der Waals surface area (Å²) in [5.74, 6) is 0.384. The second kappa shape index (κ2) is 7.37. The molecule has 0 spiro atoms. The number of carbonyl (C=O) groups is 1. The van der Waals surface area contributed by atoms with E-state index < -0.39 is 5.91 Å². The lowest BCUT2D eigenvalue weighted by Gasteiger charge is -2.13. The van der Waals surface area contributed by atoms with Gasteiger partial charge < -0.3 is 20.1 Å². The van der Waals surface area contributed by atoms with Gasteiger partial charge in [0.2, 0.25) is 5.91 Å². The Balaban J connectivity index is 2.01. The van der Waals surface area contributed by atoms with Gasteiger partial charge in [-0.05, 0) is 36.8 Å². The van der Waals surface area contributed by atoms with Crippen LogP contribution in [-0.2, 0) is 13.2 Å². The zero-order valence-corrected chi connectivity index (χ0v) is 15.7. The molecular formula is C23H22N2O3. The molecule has 1 aromatic heterocycles. The number of ether oxygens (including phenoxy) is 1. The van der Waals surface area contributed by atoms with E-state index >= 15 is 0 Å². The summed E-state index contributed by atoms with van der Waals surface area (Å²) in [6.45, 7) is 3.08. The van der Waals surface area contributed by atoms with Crippen molar-refractivity contribution < 1.29 is 14.6 Å². The number of aliphatic hydroxyl groups is 1. The molecule has 142 valence electrons. The van der Waals surface area contributed by atoms with Gasteiger partial charge in [-0.25, -0.2) is 0 Å². The van der Waals surface area contributed by atoms with E-state index in [-0.39, 0.29) is 6.61 Å². The number of hydrogen-bond donors (Lipinski definition) is 2. The fraction of sp³-hybridized carbons (Fsp3) is 0.174. The van der Waals surface area contributed by atoms with E-state index in [1.165, 1.54) is 0 Å². The Kier molecular flexibility index (Phi) is 4.75. The SMILES string of the molecule is CCOc1ccccc1Cn1c2cc(CO)ccc2c2c(C(N)=O)cccc21. The Labute approximate surface area is 163 Å². The van der Waals surface area contributed by atoms with Crippen molar-refractivity contribution in [1.82, 2.24) is 4.57 Å². The third kappa shape index (κ3) is 3.00. The number of amides is 1. The topological polar surface area (TPSA) is 77.5 Å². The molecule has 0 bridgehead atoms. The van der Waals surface area contributed by atoms with E-state index in [0.29, 0.717) is 18.7 Å². The average molecular weight is 374 g/mol. The van der Waals surface area contributed by atoms with Crippen LogP contribution in [0, 0.1) is 0 Å². The highest BCUT2D eigenvalue weighted by molar-refractivity contribution is 6.18. The number of aliphatic hydroxyl groups excluding tert-OH is 1. The molecule has 1 heterocycles. The number of para-hydroxylation sites is 1. The summed E-state index contributed by atoms with van der Waals surface area (Å²) < 4.78 is 7.94. The quantitative estimate of drug-likeness (QED) is 0.538. The molecule has 3 N–H and O–H groups in total. The maximum absolute atomic E-state index is 12.0. The van der Waals surface area contributed by atoms with Gasteiger partial charge in [-0.3, -0.25) is 4.79 Å². The van der Waals surface area contributed by atoms with Crippen molar-refractivity contribution in [3.05, 3.63) is 77.4 Å². The van der Waals surface area contributed by atoms with E-state index in [1.807, 2.05) is 61.5 Å². The van der Waals surface area contributed by atoms with Gasteiger partial charge in [0.15, 0.2) is 0 Å². The molecule has 28 heavy (non-hydrogen) atoms. The number of hydrogen-bond acceptors (Lipinski definition) is 3. The summed E-state index contributed by atoms with van der Waals surface area (Å²) in [4.78, 5) is 12.0. The van der Waals surface area contributed by atoms with Crippen LogP contribution in [0.3, 0.4) is 0 Å². The first-order valence-electron chi connectivity index (χ1n) is 9.29. The minimum absolute atomic E-state index is 0.0460. The van der Waals surface area contributed by atoms with Crippen molar-refractivity contribution in [2.45, 2.75) is 20.1 Å². The van der Waals surface area contributed by atoms with E-state index in [1.54, 1.807) is 6.07 Å². The molecule has 1 amide bonds. The summed E-state index contributed by atoms with van der Waals surface area (Å²) in [5.41, 5.74) is 9.87. The van der Waals surface area contributed by atoms with Crippen LogP contribution >= 0.6 is 0 Å². The molecule has 0 atom stereocenters. The fourth-order valence-electron chi connectivity index (χ4n) is 3.76. The Morgan fingerprint density at radius 1 is 1.07 bits per heavy atom. The van der Waals surface area contributed by atoms with Crippen LogP contribution in [0.4, 0.5) is 0 Å². The summed E-state index contributed by atoms with van der Waals surface area (Å²) in [6.07, 6.45) is 0. The lowest BCUT2D eigenvalue weighted by atomic mass is 10.0. The molecule has 0 aliphatic heterocycles. The Bertz CT molecular complexity index is 1180. The first-order valence-corrected chi connectivity index (χ1v) is 9.29. The van der Waals surface area contributed by atoms with Crippen molar-refractivity contribution in [3.8, 4) is 5.75 Å². The first-order chi connectivity index (χ1) is 13.6. The number of primary amides is 1. The Morgan fingerprint density at radius 3 is 2.64 bits per heavy atom. The maximum Gasteiger partial charge on any atom is 0.249 e. The van der Waals surface area contributed by atoms with Gasteiger partial charge in [0, 0.05) is 27.4 Å². The minimum atomic E-state index is -0.453. The third-order valence-electron chi connectivity index (χ3n) is 5.00. The van der Waals surface area contributed by atoms with Gasteiger partial charge in [0.05, 0.1) is 25.3 Å². The number of nitrogens with zero attached hydrogens (tertiary/aromatic N) is 1. The number of rotatable bonds is 6. The number of nitrogens with two attached hydrogens (primary N) is 1. The van der Waals surface area contributed by atoms with Gasteiger partial charge in [-0.15, -0.1) is 0 Å². The first kappa shape index (κ1) is 18.1. The van der Waals surface area contributed by atoms with Crippen molar-refractivity contribution in [2.75, 3.05) is 6.61 Å². The standard InChI is InChI=1S/C23H22N2O3/c1-2-28-21-9-4-3-6-16(21)13-25-19-8-5-7-18(23(24)27)22(19)17-11-10-15(14-26)12-20(17)25/h3-12,26H,2,13-14H2,1H3,(H2,24,27). The predicted octanol–water partition coefficient (Wildman–Crippen LogP) is 3.83. The van der Waals surface area contributed by atoms with Gasteiger partial charge in [0.25, 0.3) is 0 Å². The van der Waals surface area contributed by atoms with Gasteiger partial charge >= 0.3 is 0 Å². The molecule has 0 aliphatic carbocycles. The molecule has 3 aromatic carbocycles. The molecule has 0 fully saturated rings. The summed E-state index contributed by atoms with van der Waals surface area (Å²) >= 11 is 0. The largest absolute Gasteiger partial charge is 0.494 e. The van der Waals surface area contributed by atoms with Gasteiger partial charge in [-0.2, -0.15) is 0 Å². The second-order valence-electron chi connectivity index (χ2n) is 6.70. The molecule has 0 saturated carbocycles. The fourth-order valence-corrected chi connectivity index (χ4v) is 3.76. The highest BCUT2D eigenvalue weighted by atomic mass is 16.5. The van der Waals surface area contributed by atoms with Crippen LogP contribution in [0.25, 0.3) is 21.8 Å². The molecule has 0 radical (unpaired) electrons. The third-order valence-corrected chi connectivity index (χ3v) is 5.00. The van der Waals surface area contributed by atoms with Crippen LogP contribution < -0.4 is 10.5 Å². The van der Waals surface area contributed by atoms with Crippen molar-refractivity contribution in [1.29, 1.82) is 0 Å². The number of benzene rings is 3. The summed E-state index contributed by atoms with van der Waals surface area (Å²) in [5, 5.41) is 11.4. The second-order valence-corrected chi connectivity index (χ2v) is 6.70. The smallest absolute Gasteiger partial charge is 0.249 e. The monoisotopic (exact) mass is 374 g/mol. The van der Waals surface area contributed by atoms with Crippen LogP contribution in [0.5, 0.6) is 5.75 Å². The molecule has 4 rings (SSSR count). The zero-order valence-electron chi connectivity index (χ0n) is 15.7. The van der Waals surface area contributed by atoms with Crippen molar-refractivity contribution in [3.63, 3.8) is 0 Å². The van der Waals surface area contributed by atoms with Crippen molar-refractivity contribution >= 4 is 27.7 Å². The minimum Gasteiger partial charge on any atom is -0.494 e. The molecular weight excluding hydrogens is 352 g/mol. The van der Waals surface area contributed by atoms with Crippen LogP contribution in [0.1, 0.15) is 28.4 Å². The highest BCUT2D eigenvalue weighted by Crippen LogP contribution is 2.34. The molecule has 4 aromatic rings. The molecule has 0 unspecified atom stereocenters. The van der Waals surface area contributed by atoms with E-state index in [4.69, 9.17) is 10.5 Å². The normalized spacial score (nSPS) is 11.2. The highest BCUT2D eigenvalue weighted by Gasteiger charge is 2.17. The van der Waals surface area contributed by atoms with Crippen LogP contribution in [-0.4, -0.2) is 22.2 Å². The van der Waals surface area contributed by atoms with E-state index in [9.17, 15) is 9.90 Å². The molecule has 0 saturated heterocycles. The summed E-state index contributed by atoms with van der Waals surface area (Å²) in [6, 6.07) is 19.3. The number of fused-ring (bicyclic) bond motifs is 3. The molecule has 5 heteroatoms. The van der Waals surface area contributed by atoms with E-state index in [0.717, 1.165) is 38.7 Å². The molecule has 5 nitrogen and oxygen atoms in total. The Hall–Kier alpha value is -3.31. The Morgan fingerprint density at radius 2 is 1.89 bits per heavy atom. The summed E-state index contributed by atoms with van der Waals surface area (Å²) in [7, 11) is 0. The average Bonchev–Trinajstić information content (AvgIpc) is 3.02. The van der Waals surface area contributed by atoms with Gasteiger partial charge in [0.1, 0.15) is 5.75 Å². The van der Waals surface area contributed by atoms with Gasteiger partial charge in [-0.1, -0.05) is 36.4 Å². The maximum atomic E-state index is 12.0. The lowest BCUT2D eigenvalue weighted by molar-refractivity contribution is 0.100. The number of carbonyl (C=O) groups excluding carboxylic acids is 1. The van der Waals surface area contributed by atoms with Crippen LogP contribution in [0.15, 0.2) is 60.7 Å². The number of aromatic nitrogens is 1. The van der Waals surface area contributed by atoms with E-state index in [2.05, 4.69) is 4.57 Å². The van der Waals surface area contributed by atoms with Crippen molar-refractivity contribution in [2.24, 2.45) is 5.73 Å².